The number of hydrogen-bond donors (Lipinski definition) is 2. The summed E-state index contributed by atoms with van der Waals surface area (Å²) >= 11 is 0. The third-order valence-corrected chi connectivity index (χ3v) is 8.66. The molecule has 2 saturated heterocycles. The highest BCUT2D eigenvalue weighted by molar-refractivity contribution is 6.00. The molecule has 1 amide bonds. The number of carbonyl (C=O) groups excluding carboxylic acids is 3. The highest BCUT2D eigenvalue weighted by Gasteiger charge is 2.54. The van der Waals surface area contributed by atoms with Gasteiger partial charge in [-0.15, -0.1) is 6.42 Å². The molecular weight excluding hydrogens is 513 g/mol. The van der Waals surface area contributed by atoms with Crippen molar-refractivity contribution in [3.8, 4) is 12.3 Å². The number of cyclic esters (lactones) is 1. The highest BCUT2D eigenvalue weighted by Crippen LogP contribution is 2.52. The number of amides is 1. The van der Waals surface area contributed by atoms with E-state index in [1.54, 1.807) is 0 Å². The van der Waals surface area contributed by atoms with Gasteiger partial charge in [-0.1, -0.05) is 5.92 Å². The smallest absolute Gasteiger partial charge is 0.312 e. The minimum Gasteiger partial charge on any atom is -0.457 e. The van der Waals surface area contributed by atoms with Crippen molar-refractivity contribution in [2.75, 3.05) is 11.9 Å². The van der Waals surface area contributed by atoms with Crippen LogP contribution in [-0.4, -0.2) is 66.9 Å². The lowest BCUT2D eigenvalue weighted by molar-refractivity contribution is -0.176. The Balaban J connectivity index is 1.26. The van der Waals surface area contributed by atoms with Gasteiger partial charge in [0.05, 0.1) is 18.3 Å². The monoisotopic (exact) mass is 541 g/mol. The molecule has 13 heteroatoms. The van der Waals surface area contributed by atoms with Crippen LogP contribution in [0.4, 0.5) is 10.2 Å². The van der Waals surface area contributed by atoms with Gasteiger partial charge in [-0.05, 0) is 44.4 Å². The van der Waals surface area contributed by atoms with Gasteiger partial charge in [0.2, 0.25) is 0 Å². The Morgan fingerprint density at radius 1 is 1.26 bits per heavy atom. The Labute approximate surface area is 222 Å². The Morgan fingerprint density at radius 2 is 2.00 bits per heavy atom. The number of nitrogens with zero attached hydrogens (tertiary/aromatic N) is 4. The van der Waals surface area contributed by atoms with E-state index in [9.17, 15) is 23.9 Å². The lowest BCUT2D eigenvalue weighted by atomic mass is 9.61. The molecule has 2 aliphatic heterocycles. The van der Waals surface area contributed by atoms with Crippen molar-refractivity contribution in [2.24, 2.45) is 11.3 Å². The van der Waals surface area contributed by atoms with E-state index in [2.05, 4.69) is 26.2 Å². The van der Waals surface area contributed by atoms with Gasteiger partial charge in [-0.25, -0.2) is 4.98 Å². The molecule has 0 spiro atoms. The number of imidazole rings is 1. The number of aromatic nitrogens is 4. The third kappa shape index (κ3) is 4.31. The van der Waals surface area contributed by atoms with Gasteiger partial charge in [0.1, 0.15) is 12.3 Å². The minimum atomic E-state index is -1.62. The molecule has 4 atom stereocenters. The Kier molecular flexibility index (Phi) is 6.27. The summed E-state index contributed by atoms with van der Waals surface area (Å²) in [6.45, 7) is -0.607. The normalized spacial score (nSPS) is 33.6. The summed E-state index contributed by atoms with van der Waals surface area (Å²) in [6, 6.07) is 0. The number of halogens is 1. The summed E-state index contributed by atoms with van der Waals surface area (Å²) in [5, 5.41) is 12.7. The van der Waals surface area contributed by atoms with E-state index in [4.69, 9.17) is 20.6 Å². The number of aliphatic hydroxyl groups excluding tert-OH is 1. The number of rotatable bonds is 6. The molecule has 2 bridgehead atoms. The number of ether oxygens (including phenoxy) is 3. The molecule has 206 valence electrons. The van der Waals surface area contributed by atoms with Gasteiger partial charge in [0, 0.05) is 19.3 Å². The maximum atomic E-state index is 14.5. The lowest BCUT2D eigenvalue weighted by Gasteiger charge is -2.45. The minimum absolute atomic E-state index is 0.00810. The maximum Gasteiger partial charge on any atom is 0.312 e. The van der Waals surface area contributed by atoms with Crippen molar-refractivity contribution in [3.05, 3.63) is 12.4 Å². The standard InChI is InChI=1S/C26H28FN5O7/c1-2-26(12-33)16(38-23(36)25-8-5-14(6-9-25)7-10-25)11-17(39-26)32-13-28-19-20(30-24(27)31-21(19)32)29-22(35)15-3-4-18(34)37-15/h1,13-17,33H,3-12H2,(H,29,30,31,35)/t14?,15-,16+,17-,25?,26-/m1/s1. The molecule has 12 nitrogen and oxygen atoms in total. The van der Waals surface area contributed by atoms with E-state index < -0.39 is 54.0 Å². The number of anilines is 1. The zero-order chi connectivity index (χ0) is 27.4. The molecule has 4 heterocycles. The number of nitrogens with one attached hydrogen (secondary N) is 1. The summed E-state index contributed by atoms with van der Waals surface area (Å²) in [7, 11) is 0. The summed E-state index contributed by atoms with van der Waals surface area (Å²) < 4.78 is 32.9. The van der Waals surface area contributed by atoms with Gasteiger partial charge in [-0.2, -0.15) is 14.4 Å². The van der Waals surface area contributed by atoms with Gasteiger partial charge in [-0.3, -0.25) is 19.0 Å². The second-order valence-corrected chi connectivity index (χ2v) is 10.8. The molecule has 5 aliphatic rings. The van der Waals surface area contributed by atoms with Crippen molar-refractivity contribution in [3.63, 3.8) is 0 Å². The number of esters is 2. The largest absolute Gasteiger partial charge is 0.457 e. The first-order valence-electron chi connectivity index (χ1n) is 13.1. The topological polar surface area (TPSA) is 155 Å². The number of fused-ring (bicyclic) bond motifs is 4. The lowest BCUT2D eigenvalue weighted by Crippen LogP contribution is -2.48. The molecule has 7 rings (SSSR count). The van der Waals surface area contributed by atoms with E-state index in [1.807, 2.05) is 0 Å². The molecule has 2 aromatic heterocycles. The number of carbonyl (C=O) groups is 3. The van der Waals surface area contributed by atoms with Crippen LogP contribution in [-0.2, 0) is 28.6 Å². The van der Waals surface area contributed by atoms with Crippen molar-refractivity contribution in [2.45, 2.75) is 81.8 Å². The molecule has 3 saturated carbocycles. The van der Waals surface area contributed by atoms with Crippen molar-refractivity contribution < 1.29 is 38.1 Å². The fourth-order valence-electron chi connectivity index (χ4n) is 6.27. The predicted octanol–water partition coefficient (Wildman–Crippen LogP) is 1.77. The van der Waals surface area contributed by atoms with E-state index in [0.717, 1.165) is 38.5 Å². The van der Waals surface area contributed by atoms with Crippen LogP contribution in [0, 0.1) is 29.8 Å². The summed E-state index contributed by atoms with van der Waals surface area (Å²) in [5.74, 6) is 1.43. The van der Waals surface area contributed by atoms with E-state index >= 15 is 0 Å². The second-order valence-electron chi connectivity index (χ2n) is 10.8. The molecule has 2 aromatic rings. The Bertz CT molecular complexity index is 1370. The Hall–Kier alpha value is -3.63. The SMILES string of the molecule is C#C[C@]1(CO)O[C@@H](n2cnc3c(NC(=O)[C@H]4CCC(=O)O4)nc(F)nc32)C[C@@H]1OC(=O)C12CCC(CC1)CC2. The highest BCUT2D eigenvalue weighted by atomic mass is 19.1. The predicted molar refractivity (Wildman–Crippen MR) is 130 cm³/mol. The van der Waals surface area contributed by atoms with Crippen LogP contribution < -0.4 is 5.32 Å². The van der Waals surface area contributed by atoms with Crippen LogP contribution in [0.2, 0.25) is 0 Å². The molecule has 0 unspecified atom stereocenters. The molecule has 5 fully saturated rings. The van der Waals surface area contributed by atoms with Crippen molar-refractivity contribution in [1.82, 2.24) is 19.5 Å². The van der Waals surface area contributed by atoms with E-state index in [0.29, 0.717) is 5.92 Å². The zero-order valence-electron chi connectivity index (χ0n) is 21.1. The molecule has 39 heavy (non-hydrogen) atoms. The number of terminal acetylenes is 1. The molecular formula is C26H28FN5O7. The van der Waals surface area contributed by atoms with E-state index in [1.165, 1.54) is 10.9 Å². The van der Waals surface area contributed by atoms with Gasteiger partial charge < -0.3 is 24.6 Å². The van der Waals surface area contributed by atoms with Crippen LogP contribution in [0.5, 0.6) is 0 Å². The first kappa shape index (κ1) is 25.6. The molecule has 3 aliphatic carbocycles. The quantitative estimate of drug-likeness (QED) is 0.314. The average molecular weight is 542 g/mol. The van der Waals surface area contributed by atoms with E-state index in [-0.39, 0.29) is 42.2 Å². The van der Waals surface area contributed by atoms with Crippen LogP contribution in [0.3, 0.4) is 0 Å². The number of aliphatic hydroxyl groups is 1. The average Bonchev–Trinajstić information content (AvgIpc) is 3.67. The maximum absolute atomic E-state index is 14.5. The molecule has 0 radical (unpaired) electrons. The fraction of sp³-hybridized carbons (Fsp3) is 0.615. The van der Waals surface area contributed by atoms with Gasteiger partial charge >= 0.3 is 18.0 Å². The first-order chi connectivity index (χ1) is 18.8. The first-order valence-corrected chi connectivity index (χ1v) is 13.1. The molecule has 2 N–H and O–H groups in total. The number of hydrogen-bond acceptors (Lipinski definition) is 10. The molecule has 0 aromatic carbocycles. The summed E-state index contributed by atoms with van der Waals surface area (Å²) in [4.78, 5) is 49.0. The Morgan fingerprint density at radius 3 is 2.64 bits per heavy atom. The van der Waals surface area contributed by atoms with Crippen LogP contribution in [0.15, 0.2) is 6.33 Å². The van der Waals surface area contributed by atoms with Crippen molar-refractivity contribution >= 4 is 34.8 Å². The van der Waals surface area contributed by atoms with Crippen LogP contribution >= 0.6 is 0 Å². The van der Waals surface area contributed by atoms with Gasteiger partial charge in [0.25, 0.3) is 5.91 Å². The second kappa shape index (κ2) is 9.53. The van der Waals surface area contributed by atoms with Gasteiger partial charge in [0.15, 0.2) is 28.7 Å². The fourth-order valence-corrected chi connectivity index (χ4v) is 6.27. The summed E-state index contributed by atoms with van der Waals surface area (Å²) in [6.07, 6.45) is 8.73. The van der Waals surface area contributed by atoms with Crippen LogP contribution in [0.25, 0.3) is 11.2 Å². The zero-order valence-corrected chi connectivity index (χ0v) is 21.1. The third-order valence-electron chi connectivity index (χ3n) is 8.66. The van der Waals surface area contributed by atoms with Crippen LogP contribution in [0.1, 0.15) is 64.0 Å². The summed E-state index contributed by atoms with van der Waals surface area (Å²) in [5.41, 5.74) is -2.10. The van der Waals surface area contributed by atoms with Crippen molar-refractivity contribution in [1.29, 1.82) is 0 Å².